The maximum Gasteiger partial charge on any atom is 0.150 e. The Labute approximate surface area is 120 Å². The van der Waals surface area contributed by atoms with Crippen LogP contribution in [0.25, 0.3) is 0 Å². The molecule has 20 heavy (non-hydrogen) atoms. The average molecular weight is 303 g/mol. The molecule has 2 fully saturated rings. The van der Waals surface area contributed by atoms with Crippen LogP contribution in [0.15, 0.2) is 5.16 Å². The first-order valence-corrected chi connectivity index (χ1v) is 9.27. The fraction of sp³-hybridized carbons (Fsp3) is 0.923. The summed E-state index contributed by atoms with van der Waals surface area (Å²) in [5.74, 6) is 0.479. The third-order valence-electron chi connectivity index (χ3n) is 4.78. The molecule has 2 rings (SSSR count). The molecule has 2 unspecified atom stereocenters. The minimum Gasteiger partial charge on any atom is -0.409 e. The molecule has 0 aromatic rings. The molecule has 6 nitrogen and oxygen atoms in total. The third-order valence-corrected chi connectivity index (χ3v) is 6.42. The molecule has 0 aromatic carbocycles. The Bertz CT molecular complexity index is 455. The van der Waals surface area contributed by atoms with Crippen molar-refractivity contribution in [3.8, 4) is 0 Å². The second-order valence-electron chi connectivity index (χ2n) is 6.11. The predicted octanol–water partition coefficient (Wildman–Crippen LogP) is 0.801. The Balaban J connectivity index is 1.90. The molecule has 1 saturated heterocycles. The molecule has 7 heteroatoms. The van der Waals surface area contributed by atoms with Gasteiger partial charge in [-0.25, -0.2) is 8.42 Å². The van der Waals surface area contributed by atoms with Gasteiger partial charge in [0.05, 0.1) is 5.25 Å². The first-order valence-electron chi connectivity index (χ1n) is 7.32. The van der Waals surface area contributed by atoms with E-state index in [1.165, 1.54) is 6.26 Å². The summed E-state index contributed by atoms with van der Waals surface area (Å²) < 4.78 is 23.4. The molecule has 0 amide bonds. The van der Waals surface area contributed by atoms with E-state index in [4.69, 9.17) is 10.9 Å². The van der Waals surface area contributed by atoms with Gasteiger partial charge in [-0.15, -0.1) is 0 Å². The lowest BCUT2D eigenvalue weighted by Crippen LogP contribution is -2.47. The Hall–Kier alpha value is -0.820. The molecule has 1 aliphatic heterocycles. The van der Waals surface area contributed by atoms with Crippen LogP contribution in [0.5, 0.6) is 0 Å². The molecule has 0 aromatic heterocycles. The number of sulfone groups is 1. The molecule has 3 N–H and O–H groups in total. The number of piperidine rings is 1. The minimum atomic E-state index is -2.92. The molecule has 0 radical (unpaired) electrons. The van der Waals surface area contributed by atoms with E-state index in [-0.39, 0.29) is 11.2 Å². The number of amidine groups is 1. The van der Waals surface area contributed by atoms with E-state index in [1.807, 2.05) is 0 Å². The summed E-state index contributed by atoms with van der Waals surface area (Å²) in [7, 11) is -2.92. The number of nitrogens with zero attached hydrogens (tertiary/aromatic N) is 2. The van der Waals surface area contributed by atoms with Gasteiger partial charge < -0.3 is 15.8 Å². The van der Waals surface area contributed by atoms with Crippen molar-refractivity contribution in [1.82, 2.24) is 4.90 Å². The second kappa shape index (κ2) is 6.30. The van der Waals surface area contributed by atoms with Crippen LogP contribution in [-0.4, -0.2) is 55.0 Å². The minimum absolute atomic E-state index is 0.158. The molecule has 116 valence electrons. The third kappa shape index (κ3) is 3.63. The van der Waals surface area contributed by atoms with Crippen molar-refractivity contribution in [3.63, 3.8) is 0 Å². The van der Waals surface area contributed by atoms with Crippen molar-refractivity contribution >= 4 is 15.7 Å². The highest BCUT2D eigenvalue weighted by molar-refractivity contribution is 7.91. The lowest BCUT2D eigenvalue weighted by atomic mass is 9.89. The summed E-state index contributed by atoms with van der Waals surface area (Å²) in [5.41, 5.74) is 5.65. The molecular formula is C13H25N3O3S. The van der Waals surface area contributed by atoms with Gasteiger partial charge in [-0.05, 0) is 45.2 Å². The Morgan fingerprint density at radius 3 is 2.45 bits per heavy atom. The summed E-state index contributed by atoms with van der Waals surface area (Å²) in [6, 6.07) is 0.372. The van der Waals surface area contributed by atoms with Crippen LogP contribution in [0, 0.1) is 5.92 Å². The van der Waals surface area contributed by atoms with Gasteiger partial charge in [-0.2, -0.15) is 0 Å². The fourth-order valence-electron chi connectivity index (χ4n) is 3.48. The largest absolute Gasteiger partial charge is 0.409 e. The van der Waals surface area contributed by atoms with E-state index >= 15 is 0 Å². The molecule has 1 aliphatic carbocycles. The summed E-state index contributed by atoms with van der Waals surface area (Å²) in [6.45, 7) is 1.81. The average Bonchev–Trinajstić information content (AvgIpc) is 2.46. The standard InChI is InChI=1S/C13H25N3O3S/c1-20(18,19)12-4-2-3-11(9-12)16-7-5-10(6-8-16)13(14)15-17/h10-12,17H,2-9H2,1H3,(H2,14,15). The predicted molar refractivity (Wildman–Crippen MR) is 78.6 cm³/mol. The number of nitrogens with two attached hydrogens (primary N) is 1. The van der Waals surface area contributed by atoms with Crippen LogP contribution in [-0.2, 0) is 9.84 Å². The van der Waals surface area contributed by atoms with Crippen molar-refractivity contribution in [3.05, 3.63) is 0 Å². The van der Waals surface area contributed by atoms with E-state index < -0.39 is 9.84 Å². The Kier molecular flexibility index (Phi) is 4.90. The Morgan fingerprint density at radius 1 is 1.25 bits per heavy atom. The van der Waals surface area contributed by atoms with Crippen molar-refractivity contribution in [2.24, 2.45) is 16.8 Å². The lowest BCUT2D eigenvalue weighted by molar-refractivity contribution is 0.120. The van der Waals surface area contributed by atoms with Gasteiger partial charge in [0.15, 0.2) is 0 Å². The second-order valence-corrected chi connectivity index (χ2v) is 8.43. The molecule has 1 heterocycles. The van der Waals surface area contributed by atoms with Crippen LogP contribution >= 0.6 is 0 Å². The van der Waals surface area contributed by atoms with Crippen molar-refractivity contribution in [2.75, 3.05) is 19.3 Å². The summed E-state index contributed by atoms with van der Waals surface area (Å²) in [6.07, 6.45) is 6.75. The highest BCUT2D eigenvalue weighted by Gasteiger charge is 2.33. The van der Waals surface area contributed by atoms with E-state index in [1.54, 1.807) is 0 Å². The highest BCUT2D eigenvalue weighted by atomic mass is 32.2. The van der Waals surface area contributed by atoms with Gasteiger partial charge in [0, 0.05) is 18.2 Å². The molecule has 1 saturated carbocycles. The summed E-state index contributed by atoms with van der Waals surface area (Å²) in [5, 5.41) is 11.6. The molecular weight excluding hydrogens is 278 g/mol. The zero-order chi connectivity index (χ0) is 14.8. The van der Waals surface area contributed by atoms with Crippen molar-refractivity contribution in [1.29, 1.82) is 0 Å². The van der Waals surface area contributed by atoms with E-state index in [2.05, 4.69) is 10.1 Å². The lowest BCUT2D eigenvalue weighted by Gasteiger charge is -2.40. The highest BCUT2D eigenvalue weighted by Crippen LogP contribution is 2.30. The molecule has 0 bridgehead atoms. The Morgan fingerprint density at radius 2 is 1.90 bits per heavy atom. The van der Waals surface area contributed by atoms with Crippen molar-refractivity contribution < 1.29 is 13.6 Å². The molecule has 2 atom stereocenters. The van der Waals surface area contributed by atoms with Gasteiger partial charge >= 0.3 is 0 Å². The topological polar surface area (TPSA) is 96.0 Å². The van der Waals surface area contributed by atoms with Crippen LogP contribution in [0.1, 0.15) is 38.5 Å². The van der Waals surface area contributed by atoms with Gasteiger partial charge in [0.1, 0.15) is 15.7 Å². The van der Waals surface area contributed by atoms with E-state index in [0.29, 0.717) is 11.9 Å². The SMILES string of the molecule is CS(=O)(=O)C1CCCC(N2CCC(C(N)=NO)CC2)C1. The number of hydrogen-bond acceptors (Lipinski definition) is 5. The monoisotopic (exact) mass is 303 g/mol. The van der Waals surface area contributed by atoms with Gasteiger partial charge in [0.2, 0.25) is 0 Å². The number of hydrogen-bond donors (Lipinski definition) is 2. The summed E-state index contributed by atoms with van der Waals surface area (Å²) >= 11 is 0. The zero-order valence-corrected chi connectivity index (χ0v) is 12.8. The zero-order valence-electron chi connectivity index (χ0n) is 12.0. The van der Waals surface area contributed by atoms with Gasteiger partial charge in [-0.1, -0.05) is 11.6 Å². The van der Waals surface area contributed by atoms with Crippen molar-refractivity contribution in [2.45, 2.75) is 49.8 Å². The normalized spacial score (nSPS) is 31.4. The quantitative estimate of drug-likeness (QED) is 0.348. The fourth-order valence-corrected chi connectivity index (χ4v) is 4.65. The first-order chi connectivity index (χ1) is 9.41. The molecule has 2 aliphatic rings. The number of rotatable bonds is 3. The van der Waals surface area contributed by atoms with Gasteiger partial charge in [-0.3, -0.25) is 0 Å². The first kappa shape index (κ1) is 15.6. The van der Waals surface area contributed by atoms with Gasteiger partial charge in [0.25, 0.3) is 0 Å². The maximum absolute atomic E-state index is 11.7. The summed E-state index contributed by atoms with van der Waals surface area (Å²) in [4.78, 5) is 2.39. The van der Waals surface area contributed by atoms with Crippen LogP contribution in [0.2, 0.25) is 0 Å². The van der Waals surface area contributed by atoms with Crippen LogP contribution < -0.4 is 5.73 Å². The smallest absolute Gasteiger partial charge is 0.150 e. The number of oxime groups is 1. The van der Waals surface area contributed by atoms with Crippen LogP contribution in [0.4, 0.5) is 0 Å². The maximum atomic E-state index is 11.7. The van der Waals surface area contributed by atoms with Crippen LogP contribution in [0.3, 0.4) is 0 Å². The van der Waals surface area contributed by atoms with E-state index in [9.17, 15) is 8.42 Å². The number of likely N-dealkylation sites (tertiary alicyclic amines) is 1. The molecule has 0 spiro atoms. The van der Waals surface area contributed by atoms with E-state index in [0.717, 1.165) is 51.6 Å².